The van der Waals surface area contributed by atoms with Crippen LogP contribution in [-0.2, 0) is 20.8 Å². The Morgan fingerprint density at radius 3 is 2.71 bits per heavy atom. The molecular formula is C16H25N3O4S. The van der Waals surface area contributed by atoms with Gasteiger partial charge in [-0.05, 0) is 13.8 Å². The highest BCUT2D eigenvalue weighted by atomic mass is 32.1. The van der Waals surface area contributed by atoms with Gasteiger partial charge in [-0.3, -0.25) is 4.79 Å². The number of ether oxygens (including phenoxy) is 2. The Labute approximate surface area is 145 Å². The van der Waals surface area contributed by atoms with Crippen LogP contribution in [0.15, 0.2) is 5.38 Å². The number of hydrogen-bond donors (Lipinski definition) is 2. The predicted octanol–water partition coefficient (Wildman–Crippen LogP) is 1.47. The van der Waals surface area contributed by atoms with Crippen molar-refractivity contribution in [1.29, 1.82) is 0 Å². The Balaban J connectivity index is 1.93. The number of rotatable bonds is 7. The first-order valence-electron chi connectivity index (χ1n) is 8.06. The van der Waals surface area contributed by atoms with Gasteiger partial charge in [-0.2, -0.15) is 0 Å². The highest BCUT2D eigenvalue weighted by Gasteiger charge is 2.62. The molecule has 1 aromatic heterocycles. The van der Waals surface area contributed by atoms with Crippen LogP contribution in [0, 0.1) is 5.41 Å². The van der Waals surface area contributed by atoms with Gasteiger partial charge < -0.3 is 20.5 Å². The molecule has 2 atom stereocenters. The molecule has 1 aliphatic carbocycles. The van der Waals surface area contributed by atoms with E-state index in [0.717, 1.165) is 0 Å². The largest absolute Gasteiger partial charge is 0.461 e. The Morgan fingerprint density at radius 1 is 1.42 bits per heavy atom. The lowest BCUT2D eigenvalue weighted by Crippen LogP contribution is -2.75. The van der Waals surface area contributed by atoms with Gasteiger partial charge in [0.15, 0.2) is 5.69 Å². The highest BCUT2D eigenvalue weighted by molar-refractivity contribution is 7.09. The second-order valence-corrected chi connectivity index (χ2v) is 7.31. The molecule has 1 amide bonds. The van der Waals surface area contributed by atoms with Crippen LogP contribution >= 0.6 is 11.3 Å². The van der Waals surface area contributed by atoms with Crippen molar-refractivity contribution in [3.63, 3.8) is 0 Å². The van der Waals surface area contributed by atoms with Crippen molar-refractivity contribution < 1.29 is 19.1 Å². The average molecular weight is 355 g/mol. The molecule has 3 N–H and O–H groups in total. The number of nitrogens with zero attached hydrogens (tertiary/aromatic N) is 1. The number of thiazole rings is 1. The van der Waals surface area contributed by atoms with Crippen molar-refractivity contribution in [2.24, 2.45) is 11.1 Å². The van der Waals surface area contributed by atoms with Crippen LogP contribution in [0.25, 0.3) is 0 Å². The molecule has 0 bridgehead atoms. The molecule has 2 rings (SSSR count). The highest BCUT2D eigenvalue weighted by Crippen LogP contribution is 2.49. The van der Waals surface area contributed by atoms with Crippen molar-refractivity contribution >= 4 is 23.2 Å². The van der Waals surface area contributed by atoms with E-state index in [1.165, 1.54) is 11.3 Å². The van der Waals surface area contributed by atoms with Crippen molar-refractivity contribution in [1.82, 2.24) is 10.3 Å². The third-order valence-electron chi connectivity index (χ3n) is 4.67. The summed E-state index contributed by atoms with van der Waals surface area (Å²) in [6, 6.07) is 0. The monoisotopic (exact) mass is 355 g/mol. The molecule has 8 heteroatoms. The second-order valence-electron chi connectivity index (χ2n) is 6.37. The zero-order chi connectivity index (χ0) is 18.0. The summed E-state index contributed by atoms with van der Waals surface area (Å²) in [5.41, 5.74) is 5.17. The minimum atomic E-state index is -0.964. The molecule has 1 aliphatic rings. The molecule has 0 saturated heterocycles. The quantitative estimate of drug-likeness (QED) is 0.718. The van der Waals surface area contributed by atoms with Crippen LogP contribution in [0.1, 0.15) is 49.6 Å². The molecule has 7 nitrogen and oxygen atoms in total. The molecular weight excluding hydrogens is 330 g/mol. The molecule has 0 aromatic carbocycles. The average Bonchev–Trinajstić information content (AvgIpc) is 3.01. The minimum Gasteiger partial charge on any atom is -0.461 e. The molecule has 1 aromatic rings. The maximum Gasteiger partial charge on any atom is 0.357 e. The van der Waals surface area contributed by atoms with E-state index in [-0.39, 0.29) is 24.2 Å². The Morgan fingerprint density at radius 2 is 2.12 bits per heavy atom. The Kier molecular flexibility index (Phi) is 5.62. The first-order valence-corrected chi connectivity index (χ1v) is 8.94. The molecule has 24 heavy (non-hydrogen) atoms. The summed E-state index contributed by atoms with van der Waals surface area (Å²) >= 11 is 1.30. The van der Waals surface area contributed by atoms with E-state index in [1.54, 1.807) is 12.3 Å². The van der Waals surface area contributed by atoms with Crippen LogP contribution in [0.3, 0.4) is 0 Å². The van der Waals surface area contributed by atoms with E-state index in [4.69, 9.17) is 15.2 Å². The van der Waals surface area contributed by atoms with Gasteiger partial charge >= 0.3 is 5.97 Å². The number of hydrogen-bond acceptors (Lipinski definition) is 7. The number of esters is 1. The van der Waals surface area contributed by atoms with Gasteiger partial charge in [-0.1, -0.05) is 13.8 Å². The van der Waals surface area contributed by atoms with Crippen LogP contribution in [-0.4, -0.2) is 41.7 Å². The van der Waals surface area contributed by atoms with Crippen molar-refractivity contribution in [2.75, 3.05) is 13.2 Å². The Bertz CT molecular complexity index is 616. The number of aromatic nitrogens is 1. The fourth-order valence-corrected chi connectivity index (χ4v) is 3.53. The zero-order valence-corrected chi connectivity index (χ0v) is 15.4. The van der Waals surface area contributed by atoms with E-state index in [9.17, 15) is 9.59 Å². The molecule has 134 valence electrons. The zero-order valence-electron chi connectivity index (χ0n) is 14.5. The third kappa shape index (κ3) is 3.31. The first-order chi connectivity index (χ1) is 11.3. The fraction of sp³-hybridized carbons (Fsp3) is 0.688. The molecule has 2 unspecified atom stereocenters. The number of amides is 1. The van der Waals surface area contributed by atoms with Crippen molar-refractivity contribution in [3.05, 3.63) is 16.1 Å². The molecule has 1 saturated carbocycles. The van der Waals surface area contributed by atoms with Crippen molar-refractivity contribution in [3.8, 4) is 0 Å². The van der Waals surface area contributed by atoms with Gasteiger partial charge in [-0.15, -0.1) is 11.3 Å². The van der Waals surface area contributed by atoms with E-state index in [2.05, 4.69) is 10.3 Å². The molecule has 0 radical (unpaired) electrons. The maximum absolute atomic E-state index is 12.5. The van der Waals surface area contributed by atoms with Crippen LogP contribution in [0.5, 0.6) is 0 Å². The number of carbonyl (C=O) groups excluding carboxylic acids is 2. The second kappa shape index (κ2) is 7.16. The lowest BCUT2D eigenvalue weighted by Gasteiger charge is -2.57. The summed E-state index contributed by atoms with van der Waals surface area (Å²) in [5, 5.41) is 5.07. The summed E-state index contributed by atoms with van der Waals surface area (Å²) in [5.74, 6) is -0.683. The topological polar surface area (TPSA) is 104 Å². The SMILES string of the molecule is CCOC(=O)c1csc(CNC(=O)C2(N)CC(OCC)C2(C)C)n1. The lowest BCUT2D eigenvalue weighted by atomic mass is 9.54. The number of nitrogens with two attached hydrogens (primary N) is 1. The molecule has 1 heterocycles. The number of carbonyl (C=O) groups is 2. The van der Waals surface area contributed by atoms with Gasteiger partial charge in [0.2, 0.25) is 5.91 Å². The van der Waals surface area contributed by atoms with Gasteiger partial charge in [0.25, 0.3) is 0 Å². The van der Waals surface area contributed by atoms with E-state index >= 15 is 0 Å². The summed E-state index contributed by atoms with van der Waals surface area (Å²) < 4.78 is 10.5. The minimum absolute atomic E-state index is 0.0199. The van der Waals surface area contributed by atoms with Crippen LogP contribution < -0.4 is 11.1 Å². The lowest BCUT2D eigenvalue weighted by molar-refractivity contribution is -0.170. The van der Waals surface area contributed by atoms with Crippen LogP contribution in [0.4, 0.5) is 0 Å². The predicted molar refractivity (Wildman–Crippen MR) is 90.6 cm³/mol. The van der Waals surface area contributed by atoms with E-state index < -0.39 is 16.9 Å². The van der Waals surface area contributed by atoms with E-state index in [0.29, 0.717) is 24.6 Å². The number of nitrogens with one attached hydrogen (secondary N) is 1. The van der Waals surface area contributed by atoms with Gasteiger partial charge in [-0.25, -0.2) is 9.78 Å². The molecule has 1 fully saturated rings. The van der Waals surface area contributed by atoms with Crippen LogP contribution in [0.2, 0.25) is 0 Å². The molecule has 0 spiro atoms. The smallest absolute Gasteiger partial charge is 0.357 e. The van der Waals surface area contributed by atoms with Gasteiger partial charge in [0.1, 0.15) is 10.5 Å². The Hall–Kier alpha value is -1.51. The summed E-state index contributed by atoms with van der Waals surface area (Å²) in [7, 11) is 0. The van der Waals surface area contributed by atoms with Gasteiger partial charge in [0, 0.05) is 23.8 Å². The maximum atomic E-state index is 12.5. The van der Waals surface area contributed by atoms with Gasteiger partial charge in [0.05, 0.1) is 19.3 Å². The summed E-state index contributed by atoms with van der Waals surface area (Å²) in [4.78, 5) is 28.3. The first kappa shape index (κ1) is 18.8. The summed E-state index contributed by atoms with van der Waals surface area (Å²) in [6.07, 6.45) is 0.472. The third-order valence-corrected chi connectivity index (χ3v) is 5.52. The normalized spacial score (nSPS) is 25.0. The van der Waals surface area contributed by atoms with Crippen molar-refractivity contribution in [2.45, 2.75) is 52.3 Å². The van der Waals surface area contributed by atoms with E-state index in [1.807, 2.05) is 20.8 Å². The fourth-order valence-electron chi connectivity index (χ4n) is 2.83. The summed E-state index contributed by atoms with van der Waals surface area (Å²) in [6.45, 7) is 8.68. The molecule has 0 aliphatic heterocycles. The standard InChI is InChI=1S/C16H25N3O4S/c1-5-22-11-7-16(17,15(11,3)4)14(21)18-8-12-19-10(9-24-12)13(20)23-6-2/h9,11H,5-8,17H2,1-4H3,(H,18,21).